The summed E-state index contributed by atoms with van der Waals surface area (Å²) in [5, 5.41) is 8.97. The quantitative estimate of drug-likeness (QED) is 0.755. The topological polar surface area (TPSA) is 36.3 Å². The third-order valence-electron chi connectivity index (χ3n) is 3.22. The average Bonchev–Trinajstić information content (AvgIpc) is 2.14. The van der Waals surface area contributed by atoms with Gasteiger partial charge in [-0.15, -0.1) is 0 Å². The zero-order valence-electron chi connectivity index (χ0n) is 11.9. The van der Waals surface area contributed by atoms with E-state index in [9.17, 15) is 0 Å². The molecule has 0 aliphatic carbocycles. The van der Waals surface area contributed by atoms with Crippen LogP contribution in [-0.4, -0.2) is 36.2 Å². The van der Waals surface area contributed by atoms with E-state index >= 15 is 0 Å². The highest BCUT2D eigenvalue weighted by molar-refractivity contribution is 4.91. The molecule has 17 heavy (non-hydrogen) atoms. The van der Waals surface area contributed by atoms with Gasteiger partial charge in [0, 0.05) is 13.1 Å². The van der Waals surface area contributed by atoms with Gasteiger partial charge in [0.1, 0.15) is 0 Å². The van der Waals surface area contributed by atoms with Crippen molar-refractivity contribution in [3.8, 4) is 6.07 Å². The normalized spacial score (nSPS) is 25.5. The summed E-state index contributed by atoms with van der Waals surface area (Å²) in [4.78, 5) is 2.46. The number of nitrogens with zero attached hydrogens (tertiary/aromatic N) is 2. The molecule has 1 aliphatic rings. The second-order valence-electron chi connectivity index (χ2n) is 6.52. The van der Waals surface area contributed by atoms with Crippen molar-refractivity contribution in [3.05, 3.63) is 0 Å². The van der Waals surface area contributed by atoms with E-state index in [-0.39, 0.29) is 11.0 Å². The van der Waals surface area contributed by atoms with Crippen LogP contribution >= 0.6 is 0 Å². The van der Waals surface area contributed by atoms with Crippen LogP contribution in [0.1, 0.15) is 47.5 Å². The van der Waals surface area contributed by atoms with Crippen LogP contribution in [0.15, 0.2) is 0 Å². The predicted octanol–water partition coefficient (Wildman–Crippen LogP) is 2.82. The molecular formula is C14H26N2O. The van der Waals surface area contributed by atoms with Gasteiger partial charge in [-0.3, -0.25) is 4.90 Å². The standard InChI is InChI=1S/C14H26N2O/c1-12-9-16(11-14(4,5)17-12)8-6-7-13(2,3)10-15/h12H,6-9,11H2,1-5H3. The summed E-state index contributed by atoms with van der Waals surface area (Å²) in [6.07, 6.45) is 2.36. The van der Waals surface area contributed by atoms with E-state index in [0.29, 0.717) is 6.10 Å². The van der Waals surface area contributed by atoms with Crippen molar-refractivity contribution in [3.63, 3.8) is 0 Å². The van der Waals surface area contributed by atoms with Gasteiger partial charge in [0.25, 0.3) is 0 Å². The van der Waals surface area contributed by atoms with Crippen LogP contribution in [0.4, 0.5) is 0 Å². The highest BCUT2D eigenvalue weighted by Gasteiger charge is 2.31. The SMILES string of the molecule is CC1CN(CCCC(C)(C)C#N)CC(C)(C)O1. The van der Waals surface area contributed by atoms with Gasteiger partial charge in [0.2, 0.25) is 0 Å². The third-order valence-corrected chi connectivity index (χ3v) is 3.22. The van der Waals surface area contributed by atoms with Crippen molar-refractivity contribution in [2.24, 2.45) is 5.41 Å². The lowest BCUT2D eigenvalue weighted by atomic mass is 9.89. The molecule has 1 atom stereocenters. The lowest BCUT2D eigenvalue weighted by Crippen LogP contribution is -2.52. The van der Waals surface area contributed by atoms with Crippen molar-refractivity contribution in [2.45, 2.75) is 59.2 Å². The Hall–Kier alpha value is -0.590. The maximum Gasteiger partial charge on any atom is 0.0757 e. The summed E-state index contributed by atoms with van der Waals surface area (Å²) >= 11 is 0. The molecule has 98 valence electrons. The van der Waals surface area contributed by atoms with E-state index in [2.05, 4.69) is 31.7 Å². The molecule has 0 amide bonds. The first-order chi connectivity index (χ1) is 7.74. The van der Waals surface area contributed by atoms with Crippen molar-refractivity contribution < 1.29 is 4.74 Å². The molecule has 3 nitrogen and oxygen atoms in total. The third kappa shape index (κ3) is 5.06. The Balaban J connectivity index is 2.35. The van der Waals surface area contributed by atoms with Gasteiger partial charge in [-0.05, 0) is 54.0 Å². The maximum absolute atomic E-state index is 8.97. The lowest BCUT2D eigenvalue weighted by molar-refractivity contribution is -0.128. The van der Waals surface area contributed by atoms with E-state index in [1.54, 1.807) is 0 Å². The van der Waals surface area contributed by atoms with Gasteiger partial charge in [-0.25, -0.2) is 0 Å². The molecule has 1 saturated heterocycles. The number of hydrogen-bond acceptors (Lipinski definition) is 3. The fourth-order valence-electron chi connectivity index (χ4n) is 2.56. The second-order valence-corrected chi connectivity index (χ2v) is 6.52. The van der Waals surface area contributed by atoms with Crippen LogP contribution in [0.25, 0.3) is 0 Å². The van der Waals surface area contributed by atoms with E-state index in [1.807, 2.05) is 13.8 Å². The summed E-state index contributed by atoms with van der Waals surface area (Å²) in [7, 11) is 0. The summed E-state index contributed by atoms with van der Waals surface area (Å²) in [6, 6.07) is 2.36. The number of morpholine rings is 1. The minimum Gasteiger partial charge on any atom is -0.370 e. The van der Waals surface area contributed by atoms with Crippen molar-refractivity contribution in [1.82, 2.24) is 4.90 Å². The molecule has 1 unspecified atom stereocenters. The van der Waals surface area contributed by atoms with E-state index < -0.39 is 0 Å². The second kappa shape index (κ2) is 5.37. The van der Waals surface area contributed by atoms with Gasteiger partial charge in [-0.2, -0.15) is 5.26 Å². The first-order valence-corrected chi connectivity index (χ1v) is 6.55. The molecular weight excluding hydrogens is 212 g/mol. The fraction of sp³-hybridized carbons (Fsp3) is 0.929. The number of rotatable bonds is 4. The molecule has 0 aromatic rings. The highest BCUT2D eigenvalue weighted by atomic mass is 16.5. The highest BCUT2D eigenvalue weighted by Crippen LogP contribution is 2.24. The minimum absolute atomic E-state index is 0.0393. The van der Waals surface area contributed by atoms with Crippen molar-refractivity contribution in [2.75, 3.05) is 19.6 Å². The molecule has 0 spiro atoms. The molecule has 3 heteroatoms. The molecule has 1 heterocycles. The zero-order valence-corrected chi connectivity index (χ0v) is 11.9. The summed E-state index contributed by atoms with van der Waals surface area (Å²) in [6.45, 7) is 13.5. The van der Waals surface area contributed by atoms with E-state index in [0.717, 1.165) is 32.5 Å². The Morgan fingerprint density at radius 3 is 2.65 bits per heavy atom. The van der Waals surface area contributed by atoms with E-state index in [4.69, 9.17) is 10.00 Å². The monoisotopic (exact) mass is 238 g/mol. The summed E-state index contributed by atoms with van der Waals surface area (Å²) < 4.78 is 5.88. The first kappa shape index (κ1) is 14.5. The molecule has 1 aliphatic heterocycles. The van der Waals surface area contributed by atoms with Crippen molar-refractivity contribution >= 4 is 0 Å². The maximum atomic E-state index is 8.97. The van der Waals surface area contributed by atoms with Gasteiger partial charge in [0.05, 0.1) is 23.2 Å². The fourth-order valence-corrected chi connectivity index (χ4v) is 2.56. The Labute approximate surface area is 106 Å². The number of hydrogen-bond donors (Lipinski definition) is 0. The van der Waals surface area contributed by atoms with Crippen LogP contribution in [0.3, 0.4) is 0 Å². The van der Waals surface area contributed by atoms with Gasteiger partial charge >= 0.3 is 0 Å². The predicted molar refractivity (Wildman–Crippen MR) is 69.7 cm³/mol. The first-order valence-electron chi connectivity index (χ1n) is 6.55. The lowest BCUT2D eigenvalue weighted by Gasteiger charge is -2.42. The van der Waals surface area contributed by atoms with Crippen LogP contribution in [0.5, 0.6) is 0 Å². The van der Waals surface area contributed by atoms with Crippen LogP contribution < -0.4 is 0 Å². The molecule has 0 saturated carbocycles. The Morgan fingerprint density at radius 1 is 1.47 bits per heavy atom. The smallest absolute Gasteiger partial charge is 0.0757 e. The van der Waals surface area contributed by atoms with Crippen LogP contribution in [-0.2, 0) is 4.74 Å². The minimum atomic E-state index is -0.187. The number of ether oxygens (including phenoxy) is 1. The van der Waals surface area contributed by atoms with Gasteiger partial charge < -0.3 is 4.74 Å². The van der Waals surface area contributed by atoms with Crippen molar-refractivity contribution in [1.29, 1.82) is 5.26 Å². The van der Waals surface area contributed by atoms with Gasteiger partial charge in [-0.1, -0.05) is 0 Å². The Bertz CT molecular complexity index is 291. The zero-order chi connectivity index (χ0) is 13.1. The molecule has 0 radical (unpaired) electrons. The van der Waals surface area contributed by atoms with Crippen LogP contribution in [0.2, 0.25) is 0 Å². The van der Waals surface area contributed by atoms with Crippen LogP contribution in [0, 0.1) is 16.7 Å². The summed E-state index contributed by atoms with van der Waals surface area (Å²) in [5.41, 5.74) is -0.226. The molecule has 0 aromatic carbocycles. The Kier molecular flexibility index (Phi) is 4.57. The molecule has 0 N–H and O–H groups in total. The van der Waals surface area contributed by atoms with Gasteiger partial charge in [0.15, 0.2) is 0 Å². The molecule has 1 rings (SSSR count). The Morgan fingerprint density at radius 2 is 2.12 bits per heavy atom. The van der Waals surface area contributed by atoms with E-state index in [1.165, 1.54) is 0 Å². The largest absolute Gasteiger partial charge is 0.370 e. The molecule has 0 bridgehead atoms. The molecule has 0 aromatic heterocycles. The average molecular weight is 238 g/mol. The number of nitriles is 1. The molecule has 1 fully saturated rings. The summed E-state index contributed by atoms with van der Waals surface area (Å²) in [5.74, 6) is 0.